The van der Waals surface area contributed by atoms with Crippen molar-refractivity contribution in [1.29, 1.82) is 0 Å². The van der Waals surface area contributed by atoms with Crippen molar-refractivity contribution in [3.63, 3.8) is 0 Å². The second kappa shape index (κ2) is 5.05. The fourth-order valence-electron chi connectivity index (χ4n) is 3.17. The molecule has 2 nitrogen and oxygen atoms in total. The Bertz CT molecular complexity index is 225. The van der Waals surface area contributed by atoms with E-state index in [4.69, 9.17) is 10.5 Å². The van der Waals surface area contributed by atoms with Gasteiger partial charge in [-0.1, -0.05) is 20.3 Å². The van der Waals surface area contributed by atoms with Gasteiger partial charge >= 0.3 is 0 Å². The highest BCUT2D eigenvalue weighted by atomic mass is 16.5. The van der Waals surface area contributed by atoms with E-state index in [-0.39, 0.29) is 5.60 Å². The van der Waals surface area contributed by atoms with Crippen LogP contribution in [0.1, 0.15) is 58.8 Å². The zero-order chi connectivity index (χ0) is 11.6. The molecule has 0 bridgehead atoms. The first-order chi connectivity index (χ1) is 7.65. The molecule has 0 aromatic rings. The molecule has 1 heterocycles. The van der Waals surface area contributed by atoms with Crippen LogP contribution in [0, 0.1) is 11.8 Å². The average Bonchev–Trinajstić information content (AvgIpc) is 2.27. The van der Waals surface area contributed by atoms with Gasteiger partial charge in [-0.25, -0.2) is 0 Å². The molecule has 2 heteroatoms. The summed E-state index contributed by atoms with van der Waals surface area (Å²) in [4.78, 5) is 0. The molecule has 1 aliphatic carbocycles. The minimum atomic E-state index is 0.260. The Hall–Kier alpha value is -0.0800. The minimum absolute atomic E-state index is 0.260. The Morgan fingerprint density at radius 2 is 2.19 bits per heavy atom. The molecule has 0 radical (unpaired) electrons. The van der Waals surface area contributed by atoms with Crippen LogP contribution < -0.4 is 5.73 Å². The van der Waals surface area contributed by atoms with Crippen molar-refractivity contribution in [2.24, 2.45) is 17.6 Å². The van der Waals surface area contributed by atoms with Gasteiger partial charge in [0.15, 0.2) is 0 Å². The molecule has 0 amide bonds. The molecule has 1 saturated carbocycles. The lowest BCUT2D eigenvalue weighted by Crippen LogP contribution is -2.49. The van der Waals surface area contributed by atoms with Crippen LogP contribution in [0.15, 0.2) is 0 Å². The van der Waals surface area contributed by atoms with Crippen molar-refractivity contribution < 1.29 is 4.74 Å². The topological polar surface area (TPSA) is 35.2 Å². The quantitative estimate of drug-likeness (QED) is 0.798. The lowest BCUT2D eigenvalue weighted by Gasteiger charge is -2.48. The Labute approximate surface area is 99.9 Å². The van der Waals surface area contributed by atoms with Crippen molar-refractivity contribution in [2.45, 2.75) is 70.4 Å². The lowest BCUT2D eigenvalue weighted by atomic mass is 9.70. The van der Waals surface area contributed by atoms with E-state index in [1.165, 1.54) is 44.9 Å². The Morgan fingerprint density at radius 3 is 2.75 bits per heavy atom. The summed E-state index contributed by atoms with van der Waals surface area (Å²) < 4.78 is 5.96. The second-order valence-electron chi connectivity index (χ2n) is 6.05. The summed E-state index contributed by atoms with van der Waals surface area (Å²) >= 11 is 0. The van der Waals surface area contributed by atoms with Crippen molar-refractivity contribution in [1.82, 2.24) is 0 Å². The molecule has 0 aromatic heterocycles. The summed E-state index contributed by atoms with van der Waals surface area (Å²) in [6.45, 7) is 5.52. The maximum Gasteiger partial charge on any atom is 0.0685 e. The Morgan fingerprint density at radius 1 is 1.44 bits per heavy atom. The van der Waals surface area contributed by atoms with Crippen LogP contribution in [0.4, 0.5) is 0 Å². The van der Waals surface area contributed by atoms with Gasteiger partial charge in [-0.2, -0.15) is 0 Å². The third-order valence-corrected chi connectivity index (χ3v) is 4.77. The van der Waals surface area contributed by atoms with Crippen LogP contribution in [-0.4, -0.2) is 18.2 Å². The predicted molar refractivity (Wildman–Crippen MR) is 67.3 cm³/mol. The normalized spacial score (nSPS) is 32.1. The number of rotatable bonds is 4. The lowest BCUT2D eigenvalue weighted by molar-refractivity contribution is -0.146. The molecular formula is C14H27NO. The largest absolute Gasteiger partial charge is 0.375 e. The predicted octanol–water partition coefficient (Wildman–Crippen LogP) is 3.10. The zero-order valence-electron chi connectivity index (χ0n) is 10.9. The summed E-state index contributed by atoms with van der Waals surface area (Å²) in [5, 5.41) is 0. The highest BCUT2D eigenvalue weighted by molar-refractivity contribution is 4.96. The first kappa shape index (κ1) is 12.4. The van der Waals surface area contributed by atoms with Gasteiger partial charge in [0.05, 0.1) is 5.60 Å². The highest BCUT2D eigenvalue weighted by Gasteiger charge is 2.43. The Balaban J connectivity index is 1.84. The first-order valence-corrected chi connectivity index (χ1v) is 7.05. The van der Waals surface area contributed by atoms with Crippen molar-refractivity contribution >= 4 is 0 Å². The molecule has 1 spiro atoms. The van der Waals surface area contributed by atoms with Gasteiger partial charge in [0.25, 0.3) is 0 Å². The van der Waals surface area contributed by atoms with E-state index in [1.54, 1.807) is 0 Å². The number of ether oxygens (including phenoxy) is 1. The molecule has 2 N–H and O–H groups in total. The molecule has 0 aromatic carbocycles. The molecule has 1 saturated heterocycles. The third-order valence-electron chi connectivity index (χ3n) is 4.77. The van der Waals surface area contributed by atoms with Gasteiger partial charge in [0, 0.05) is 12.6 Å². The van der Waals surface area contributed by atoms with Crippen LogP contribution in [0.3, 0.4) is 0 Å². The van der Waals surface area contributed by atoms with E-state index in [2.05, 4.69) is 13.8 Å². The molecule has 3 unspecified atom stereocenters. The van der Waals surface area contributed by atoms with E-state index < -0.39 is 0 Å². The molecule has 2 aliphatic rings. The number of hydrogen-bond donors (Lipinski definition) is 1. The average molecular weight is 225 g/mol. The molecule has 94 valence electrons. The molecular weight excluding hydrogens is 198 g/mol. The molecule has 16 heavy (non-hydrogen) atoms. The molecule has 2 rings (SSSR count). The van der Waals surface area contributed by atoms with Crippen LogP contribution in [0.5, 0.6) is 0 Å². The van der Waals surface area contributed by atoms with Gasteiger partial charge < -0.3 is 10.5 Å². The zero-order valence-corrected chi connectivity index (χ0v) is 10.9. The van der Waals surface area contributed by atoms with Gasteiger partial charge in [-0.15, -0.1) is 0 Å². The van der Waals surface area contributed by atoms with Crippen LogP contribution >= 0.6 is 0 Å². The molecule has 3 atom stereocenters. The minimum Gasteiger partial charge on any atom is -0.375 e. The summed E-state index contributed by atoms with van der Waals surface area (Å²) in [5.74, 6) is 1.48. The summed E-state index contributed by atoms with van der Waals surface area (Å²) in [5.41, 5.74) is 6.63. The standard InChI is InChI=1S/C14H27NO/c1-3-11(2)9-13(15)12-5-8-16-14(10-12)6-4-7-14/h11-13H,3-10,15H2,1-2H3. The Kier molecular flexibility index (Phi) is 3.91. The fourth-order valence-corrected chi connectivity index (χ4v) is 3.17. The van der Waals surface area contributed by atoms with Crippen molar-refractivity contribution in [2.75, 3.05) is 6.61 Å². The summed E-state index contributed by atoms with van der Waals surface area (Å²) in [6, 6.07) is 0.399. The molecule has 2 fully saturated rings. The SMILES string of the molecule is CCC(C)CC(N)C1CCOC2(CCC2)C1. The third kappa shape index (κ3) is 2.60. The van der Waals surface area contributed by atoms with Gasteiger partial charge in [0.2, 0.25) is 0 Å². The second-order valence-corrected chi connectivity index (χ2v) is 6.05. The fraction of sp³-hybridized carbons (Fsp3) is 1.00. The van der Waals surface area contributed by atoms with Gasteiger partial charge in [0.1, 0.15) is 0 Å². The number of nitrogens with two attached hydrogens (primary N) is 1. The van der Waals surface area contributed by atoms with E-state index in [0.717, 1.165) is 12.5 Å². The maximum absolute atomic E-state index is 6.37. The molecule has 1 aliphatic heterocycles. The van der Waals surface area contributed by atoms with E-state index in [0.29, 0.717) is 12.0 Å². The van der Waals surface area contributed by atoms with Crippen molar-refractivity contribution in [3.05, 3.63) is 0 Å². The summed E-state index contributed by atoms with van der Waals surface area (Å²) in [7, 11) is 0. The number of hydrogen-bond acceptors (Lipinski definition) is 2. The van der Waals surface area contributed by atoms with Crippen molar-refractivity contribution in [3.8, 4) is 0 Å². The van der Waals surface area contributed by atoms with E-state index in [9.17, 15) is 0 Å². The van der Waals surface area contributed by atoms with Crippen LogP contribution in [-0.2, 0) is 4.74 Å². The maximum atomic E-state index is 6.37. The smallest absolute Gasteiger partial charge is 0.0685 e. The highest BCUT2D eigenvalue weighted by Crippen LogP contribution is 2.45. The van der Waals surface area contributed by atoms with Crippen LogP contribution in [0.25, 0.3) is 0 Å². The first-order valence-electron chi connectivity index (χ1n) is 7.05. The van der Waals surface area contributed by atoms with Gasteiger partial charge in [-0.3, -0.25) is 0 Å². The van der Waals surface area contributed by atoms with E-state index in [1.807, 2.05) is 0 Å². The van der Waals surface area contributed by atoms with Crippen LogP contribution in [0.2, 0.25) is 0 Å². The monoisotopic (exact) mass is 225 g/mol. The van der Waals surface area contributed by atoms with Gasteiger partial charge in [-0.05, 0) is 50.4 Å². The summed E-state index contributed by atoms with van der Waals surface area (Å²) in [6.07, 6.45) is 8.76. The van der Waals surface area contributed by atoms with E-state index >= 15 is 0 Å².